The molecule has 102 valence electrons. The lowest BCUT2D eigenvalue weighted by molar-refractivity contribution is 0.261. The predicted octanol–water partition coefficient (Wildman–Crippen LogP) is 1.89. The standard InChI is InChI=1S/C14H18N2O3/c1-3-18-14-8-11(9-17)4-5-13(14)19-10-12-6-7-16(2)15-12/h4-8,17H,3,9-10H2,1-2H3. The second-order valence-corrected chi connectivity index (χ2v) is 4.14. The summed E-state index contributed by atoms with van der Waals surface area (Å²) in [6, 6.07) is 7.31. The molecule has 0 aliphatic carbocycles. The molecule has 1 aromatic carbocycles. The first-order chi connectivity index (χ1) is 9.22. The second kappa shape index (κ2) is 6.24. The molecule has 2 rings (SSSR count). The highest BCUT2D eigenvalue weighted by Gasteiger charge is 2.07. The molecule has 0 spiro atoms. The molecule has 0 amide bonds. The van der Waals surface area contributed by atoms with Gasteiger partial charge in [0.2, 0.25) is 0 Å². The SMILES string of the molecule is CCOc1cc(CO)ccc1OCc1ccn(C)n1. The van der Waals surface area contributed by atoms with E-state index in [2.05, 4.69) is 5.10 Å². The quantitative estimate of drug-likeness (QED) is 0.863. The lowest BCUT2D eigenvalue weighted by atomic mass is 10.2. The van der Waals surface area contributed by atoms with E-state index in [1.807, 2.05) is 32.3 Å². The van der Waals surface area contributed by atoms with Crippen LogP contribution in [0.2, 0.25) is 0 Å². The summed E-state index contributed by atoms with van der Waals surface area (Å²) in [5, 5.41) is 13.4. The van der Waals surface area contributed by atoms with Crippen LogP contribution in [0.1, 0.15) is 18.2 Å². The van der Waals surface area contributed by atoms with Gasteiger partial charge in [0, 0.05) is 13.2 Å². The van der Waals surface area contributed by atoms with Crippen molar-refractivity contribution < 1.29 is 14.6 Å². The lowest BCUT2D eigenvalue weighted by Crippen LogP contribution is -2.01. The summed E-state index contributed by atoms with van der Waals surface area (Å²) in [5.74, 6) is 1.30. The molecule has 1 heterocycles. The minimum atomic E-state index is -0.0133. The molecule has 1 aromatic heterocycles. The Hall–Kier alpha value is -2.01. The third-order valence-corrected chi connectivity index (χ3v) is 2.63. The van der Waals surface area contributed by atoms with E-state index < -0.39 is 0 Å². The summed E-state index contributed by atoms with van der Waals surface area (Å²) < 4.78 is 13.0. The van der Waals surface area contributed by atoms with Crippen LogP contribution in [-0.4, -0.2) is 21.5 Å². The first-order valence-electron chi connectivity index (χ1n) is 6.21. The van der Waals surface area contributed by atoms with E-state index in [9.17, 15) is 0 Å². The molecule has 5 heteroatoms. The number of benzene rings is 1. The summed E-state index contributed by atoms with van der Waals surface area (Å²) in [4.78, 5) is 0. The molecule has 0 atom stereocenters. The molecule has 2 aromatic rings. The monoisotopic (exact) mass is 262 g/mol. The maximum atomic E-state index is 9.12. The van der Waals surface area contributed by atoms with Gasteiger partial charge in [0.05, 0.1) is 18.9 Å². The molecule has 19 heavy (non-hydrogen) atoms. The van der Waals surface area contributed by atoms with Crippen LogP contribution in [0.4, 0.5) is 0 Å². The van der Waals surface area contributed by atoms with Gasteiger partial charge in [-0.1, -0.05) is 6.07 Å². The molecule has 0 aliphatic heterocycles. The summed E-state index contributed by atoms with van der Waals surface area (Å²) in [6.45, 7) is 2.84. The van der Waals surface area contributed by atoms with Crippen molar-refractivity contribution in [2.75, 3.05) is 6.61 Å². The van der Waals surface area contributed by atoms with Crippen molar-refractivity contribution in [1.82, 2.24) is 9.78 Å². The van der Waals surface area contributed by atoms with Gasteiger partial charge in [0.1, 0.15) is 6.61 Å². The Balaban J connectivity index is 2.10. The van der Waals surface area contributed by atoms with Crippen molar-refractivity contribution in [1.29, 1.82) is 0 Å². The van der Waals surface area contributed by atoms with E-state index in [0.29, 0.717) is 24.7 Å². The van der Waals surface area contributed by atoms with Crippen molar-refractivity contribution in [2.45, 2.75) is 20.1 Å². The number of aliphatic hydroxyl groups is 1. The van der Waals surface area contributed by atoms with E-state index in [1.54, 1.807) is 16.8 Å². The zero-order valence-corrected chi connectivity index (χ0v) is 11.2. The van der Waals surface area contributed by atoms with Gasteiger partial charge >= 0.3 is 0 Å². The van der Waals surface area contributed by atoms with Gasteiger partial charge in [-0.05, 0) is 30.7 Å². The number of hydrogen-bond acceptors (Lipinski definition) is 4. The number of aryl methyl sites for hydroxylation is 1. The maximum Gasteiger partial charge on any atom is 0.161 e. The fourth-order valence-corrected chi connectivity index (χ4v) is 1.73. The smallest absolute Gasteiger partial charge is 0.161 e. The molecule has 0 radical (unpaired) electrons. The number of nitrogens with zero attached hydrogens (tertiary/aromatic N) is 2. The third-order valence-electron chi connectivity index (χ3n) is 2.63. The average Bonchev–Trinajstić information content (AvgIpc) is 2.83. The number of hydrogen-bond donors (Lipinski definition) is 1. The third kappa shape index (κ3) is 3.48. The predicted molar refractivity (Wildman–Crippen MR) is 71.1 cm³/mol. The first-order valence-corrected chi connectivity index (χ1v) is 6.21. The minimum absolute atomic E-state index is 0.0133. The molecule has 5 nitrogen and oxygen atoms in total. The van der Waals surface area contributed by atoms with Crippen LogP contribution in [0.5, 0.6) is 11.5 Å². The van der Waals surface area contributed by atoms with Crippen LogP contribution in [0.25, 0.3) is 0 Å². The largest absolute Gasteiger partial charge is 0.490 e. The number of aliphatic hydroxyl groups excluding tert-OH is 1. The maximum absolute atomic E-state index is 9.12. The molecule has 0 saturated heterocycles. The Morgan fingerprint density at radius 3 is 2.68 bits per heavy atom. The number of aromatic nitrogens is 2. The second-order valence-electron chi connectivity index (χ2n) is 4.14. The van der Waals surface area contributed by atoms with Crippen molar-refractivity contribution in [3.63, 3.8) is 0 Å². The van der Waals surface area contributed by atoms with E-state index in [-0.39, 0.29) is 6.61 Å². The Labute approximate surface area is 112 Å². The van der Waals surface area contributed by atoms with E-state index in [1.165, 1.54) is 0 Å². The van der Waals surface area contributed by atoms with Crippen molar-refractivity contribution >= 4 is 0 Å². The Kier molecular flexibility index (Phi) is 4.41. The zero-order chi connectivity index (χ0) is 13.7. The van der Waals surface area contributed by atoms with Gasteiger partial charge in [-0.25, -0.2) is 0 Å². The molecule has 0 fully saturated rings. The zero-order valence-electron chi connectivity index (χ0n) is 11.2. The van der Waals surface area contributed by atoms with Gasteiger partial charge in [0.25, 0.3) is 0 Å². The van der Waals surface area contributed by atoms with E-state index >= 15 is 0 Å². The van der Waals surface area contributed by atoms with Gasteiger partial charge in [-0.2, -0.15) is 5.10 Å². The van der Waals surface area contributed by atoms with Crippen LogP contribution < -0.4 is 9.47 Å². The van der Waals surface area contributed by atoms with Crippen molar-refractivity contribution in [3.05, 3.63) is 41.7 Å². The molecule has 0 saturated carbocycles. The highest BCUT2D eigenvalue weighted by Crippen LogP contribution is 2.29. The van der Waals surface area contributed by atoms with Crippen LogP contribution in [0.15, 0.2) is 30.5 Å². The molecule has 1 N–H and O–H groups in total. The lowest BCUT2D eigenvalue weighted by Gasteiger charge is -2.12. The Morgan fingerprint density at radius 2 is 2.05 bits per heavy atom. The van der Waals surface area contributed by atoms with Crippen LogP contribution in [0.3, 0.4) is 0 Å². The average molecular weight is 262 g/mol. The van der Waals surface area contributed by atoms with Crippen molar-refractivity contribution in [2.24, 2.45) is 7.05 Å². The number of rotatable bonds is 6. The fourth-order valence-electron chi connectivity index (χ4n) is 1.73. The van der Waals surface area contributed by atoms with Gasteiger partial charge in [0.15, 0.2) is 11.5 Å². The van der Waals surface area contributed by atoms with Gasteiger partial charge < -0.3 is 14.6 Å². The normalized spacial score (nSPS) is 10.5. The Morgan fingerprint density at radius 1 is 1.21 bits per heavy atom. The van der Waals surface area contributed by atoms with Crippen LogP contribution in [0, 0.1) is 0 Å². The van der Waals surface area contributed by atoms with Crippen molar-refractivity contribution in [3.8, 4) is 11.5 Å². The Bertz CT molecular complexity index is 537. The fraction of sp³-hybridized carbons (Fsp3) is 0.357. The van der Waals surface area contributed by atoms with E-state index in [4.69, 9.17) is 14.6 Å². The number of ether oxygens (including phenoxy) is 2. The van der Waals surface area contributed by atoms with Crippen LogP contribution >= 0.6 is 0 Å². The van der Waals surface area contributed by atoms with E-state index in [0.717, 1.165) is 11.3 Å². The molecule has 0 unspecified atom stereocenters. The highest BCUT2D eigenvalue weighted by molar-refractivity contribution is 5.42. The first kappa shape index (κ1) is 13.4. The summed E-state index contributed by atoms with van der Waals surface area (Å²) in [6.07, 6.45) is 1.87. The topological polar surface area (TPSA) is 56.5 Å². The highest BCUT2D eigenvalue weighted by atomic mass is 16.5. The minimum Gasteiger partial charge on any atom is -0.490 e. The van der Waals surface area contributed by atoms with Gasteiger partial charge in [-0.3, -0.25) is 4.68 Å². The van der Waals surface area contributed by atoms with Gasteiger partial charge in [-0.15, -0.1) is 0 Å². The molecular formula is C14H18N2O3. The summed E-state index contributed by atoms with van der Waals surface area (Å²) in [7, 11) is 1.87. The summed E-state index contributed by atoms with van der Waals surface area (Å²) >= 11 is 0. The van der Waals surface area contributed by atoms with Crippen LogP contribution in [-0.2, 0) is 20.3 Å². The molecular weight excluding hydrogens is 244 g/mol. The molecule has 0 aliphatic rings. The summed E-state index contributed by atoms with van der Waals surface area (Å²) in [5.41, 5.74) is 1.66. The molecule has 0 bridgehead atoms.